The molecule has 0 aromatic rings. The first-order valence-corrected chi connectivity index (χ1v) is 3.87. The number of β-amino-alcohol motifs (C(OH)–C–C–N with tert-alkyl or cyclic N) is 1. The van der Waals surface area contributed by atoms with E-state index in [1.807, 2.05) is 0 Å². The number of hydrogen-bond donors (Lipinski definition) is 2. The van der Waals surface area contributed by atoms with Gasteiger partial charge in [-0.2, -0.15) is 0 Å². The van der Waals surface area contributed by atoms with Gasteiger partial charge >= 0.3 is 6.03 Å². The second-order valence-electron chi connectivity index (χ2n) is 2.82. The van der Waals surface area contributed by atoms with E-state index < -0.39 is 6.03 Å². The van der Waals surface area contributed by atoms with Crippen LogP contribution in [0.5, 0.6) is 0 Å². The molecule has 0 spiro atoms. The molecule has 12 heavy (non-hydrogen) atoms. The van der Waals surface area contributed by atoms with Gasteiger partial charge in [-0.3, -0.25) is 9.69 Å². The summed E-state index contributed by atoms with van der Waals surface area (Å²) in [6.07, 6.45) is 0.311. The highest BCUT2D eigenvalue weighted by atomic mass is 16.3. The quantitative estimate of drug-likeness (QED) is 0.579. The topological polar surface area (TPSA) is 69.6 Å². The van der Waals surface area contributed by atoms with Crippen molar-refractivity contribution in [3.8, 4) is 0 Å². The van der Waals surface area contributed by atoms with E-state index in [1.54, 1.807) is 6.92 Å². The van der Waals surface area contributed by atoms with Gasteiger partial charge in [-0.15, -0.1) is 0 Å². The van der Waals surface area contributed by atoms with E-state index in [2.05, 4.69) is 5.32 Å². The standard InChI is InChI=1S/C7H12N2O3/c1-5-4-6(11)9(2-3-10)7(12)8-5/h5,10H,2-4H2,1H3,(H,8,12). The number of aliphatic hydroxyl groups excluding tert-OH is 1. The minimum absolute atomic E-state index is 0.0807. The van der Waals surface area contributed by atoms with Crippen molar-refractivity contribution in [2.45, 2.75) is 19.4 Å². The van der Waals surface area contributed by atoms with Crippen LogP contribution < -0.4 is 5.32 Å². The average Bonchev–Trinajstić information content (AvgIpc) is 1.96. The third-order valence-corrected chi connectivity index (χ3v) is 1.72. The van der Waals surface area contributed by atoms with Crippen LogP contribution in [0.25, 0.3) is 0 Å². The fraction of sp³-hybridized carbons (Fsp3) is 0.714. The lowest BCUT2D eigenvalue weighted by Crippen LogP contribution is -2.54. The minimum Gasteiger partial charge on any atom is -0.395 e. The smallest absolute Gasteiger partial charge is 0.324 e. The van der Waals surface area contributed by atoms with Gasteiger partial charge in [-0.25, -0.2) is 4.79 Å². The molecule has 1 saturated heterocycles. The van der Waals surface area contributed by atoms with Crippen LogP contribution in [0, 0.1) is 0 Å². The van der Waals surface area contributed by atoms with E-state index in [0.717, 1.165) is 4.90 Å². The zero-order chi connectivity index (χ0) is 9.14. The Kier molecular flexibility index (Phi) is 2.65. The van der Waals surface area contributed by atoms with Crippen LogP contribution in [0.1, 0.15) is 13.3 Å². The van der Waals surface area contributed by atoms with Crippen molar-refractivity contribution in [1.29, 1.82) is 0 Å². The highest BCUT2D eigenvalue weighted by Crippen LogP contribution is 2.05. The summed E-state index contributed by atoms with van der Waals surface area (Å²) >= 11 is 0. The predicted molar refractivity (Wildman–Crippen MR) is 41.4 cm³/mol. The lowest BCUT2D eigenvalue weighted by Gasteiger charge is -2.28. The molecule has 3 amide bonds. The number of imide groups is 1. The summed E-state index contributed by atoms with van der Waals surface area (Å²) in [5.41, 5.74) is 0. The van der Waals surface area contributed by atoms with Crippen molar-refractivity contribution in [3.63, 3.8) is 0 Å². The first-order chi connectivity index (χ1) is 5.65. The number of carbonyl (C=O) groups is 2. The Morgan fingerprint density at radius 1 is 1.67 bits per heavy atom. The molecule has 1 fully saturated rings. The average molecular weight is 172 g/mol. The molecule has 1 atom stereocenters. The van der Waals surface area contributed by atoms with Gasteiger partial charge in [-0.05, 0) is 6.92 Å². The number of amides is 3. The van der Waals surface area contributed by atoms with Gasteiger partial charge in [0.25, 0.3) is 0 Å². The van der Waals surface area contributed by atoms with Gasteiger partial charge in [0, 0.05) is 12.5 Å². The molecule has 2 N–H and O–H groups in total. The fourth-order valence-electron chi connectivity index (χ4n) is 1.15. The summed E-state index contributed by atoms with van der Waals surface area (Å²) in [6.45, 7) is 1.66. The van der Waals surface area contributed by atoms with E-state index in [-0.39, 0.29) is 25.1 Å². The van der Waals surface area contributed by atoms with E-state index >= 15 is 0 Å². The molecule has 0 aromatic heterocycles. The first-order valence-electron chi connectivity index (χ1n) is 3.87. The van der Waals surface area contributed by atoms with Gasteiger partial charge in [0.2, 0.25) is 5.91 Å². The maximum atomic E-state index is 11.2. The lowest BCUT2D eigenvalue weighted by molar-refractivity contribution is -0.130. The molecule has 1 rings (SSSR count). The maximum Gasteiger partial charge on any atom is 0.324 e. The van der Waals surface area contributed by atoms with E-state index in [4.69, 9.17) is 5.11 Å². The minimum atomic E-state index is -0.409. The SMILES string of the molecule is CC1CC(=O)N(CCO)C(=O)N1. The largest absolute Gasteiger partial charge is 0.395 e. The van der Waals surface area contributed by atoms with Crippen LogP contribution >= 0.6 is 0 Å². The molecule has 1 aliphatic heterocycles. The van der Waals surface area contributed by atoms with Crippen LogP contribution in [-0.2, 0) is 4.79 Å². The monoisotopic (exact) mass is 172 g/mol. The summed E-state index contributed by atoms with van der Waals surface area (Å²) < 4.78 is 0. The van der Waals surface area contributed by atoms with Crippen LogP contribution in [0.4, 0.5) is 4.79 Å². The number of hydrogen-bond acceptors (Lipinski definition) is 3. The normalized spacial score (nSPS) is 24.2. The van der Waals surface area contributed by atoms with Crippen molar-refractivity contribution in [2.75, 3.05) is 13.2 Å². The van der Waals surface area contributed by atoms with Crippen molar-refractivity contribution < 1.29 is 14.7 Å². The van der Waals surface area contributed by atoms with E-state index in [1.165, 1.54) is 0 Å². The Balaban J connectivity index is 2.61. The Labute approximate surface area is 70.4 Å². The molecule has 1 unspecified atom stereocenters. The molecule has 0 radical (unpaired) electrons. The molecule has 5 nitrogen and oxygen atoms in total. The van der Waals surface area contributed by atoms with Gasteiger partial charge < -0.3 is 10.4 Å². The van der Waals surface area contributed by atoms with Crippen LogP contribution in [0.2, 0.25) is 0 Å². The highest BCUT2D eigenvalue weighted by Gasteiger charge is 2.28. The summed E-state index contributed by atoms with van der Waals surface area (Å²) in [4.78, 5) is 23.3. The zero-order valence-corrected chi connectivity index (χ0v) is 6.91. The van der Waals surface area contributed by atoms with Gasteiger partial charge in [0.05, 0.1) is 13.2 Å². The third-order valence-electron chi connectivity index (χ3n) is 1.72. The summed E-state index contributed by atoms with van der Waals surface area (Å²) in [6, 6.07) is -0.507. The lowest BCUT2D eigenvalue weighted by atomic mass is 10.2. The zero-order valence-electron chi connectivity index (χ0n) is 6.91. The Morgan fingerprint density at radius 3 is 2.83 bits per heavy atom. The number of aliphatic hydroxyl groups is 1. The van der Waals surface area contributed by atoms with Crippen molar-refractivity contribution >= 4 is 11.9 Å². The number of urea groups is 1. The van der Waals surface area contributed by atoms with E-state index in [0.29, 0.717) is 6.42 Å². The molecule has 5 heteroatoms. The van der Waals surface area contributed by atoms with Gasteiger partial charge in [-0.1, -0.05) is 0 Å². The second kappa shape index (κ2) is 3.53. The van der Waals surface area contributed by atoms with Gasteiger partial charge in [0.1, 0.15) is 0 Å². The van der Waals surface area contributed by atoms with Gasteiger partial charge in [0.15, 0.2) is 0 Å². The molecule has 0 saturated carbocycles. The molecule has 1 heterocycles. The summed E-state index contributed by atoms with van der Waals surface area (Å²) in [7, 11) is 0. The Hall–Kier alpha value is -1.10. The molecular formula is C7H12N2O3. The summed E-state index contributed by atoms with van der Waals surface area (Å²) in [5, 5.41) is 11.1. The molecule has 0 aliphatic carbocycles. The molecule has 1 aliphatic rings. The number of carbonyl (C=O) groups excluding carboxylic acids is 2. The summed E-state index contributed by atoms with van der Waals surface area (Å²) in [5.74, 6) is -0.222. The van der Waals surface area contributed by atoms with Crippen LogP contribution in [-0.4, -0.2) is 41.1 Å². The number of nitrogens with one attached hydrogen (secondary N) is 1. The fourth-order valence-corrected chi connectivity index (χ4v) is 1.15. The number of rotatable bonds is 2. The van der Waals surface area contributed by atoms with Crippen LogP contribution in [0.15, 0.2) is 0 Å². The van der Waals surface area contributed by atoms with Crippen molar-refractivity contribution in [1.82, 2.24) is 10.2 Å². The van der Waals surface area contributed by atoms with E-state index in [9.17, 15) is 9.59 Å². The molecule has 0 bridgehead atoms. The first kappa shape index (κ1) is 8.99. The Bertz CT molecular complexity index is 187. The van der Waals surface area contributed by atoms with Crippen LogP contribution in [0.3, 0.4) is 0 Å². The highest BCUT2D eigenvalue weighted by molar-refractivity contribution is 5.97. The number of nitrogens with zero attached hydrogens (tertiary/aromatic N) is 1. The third kappa shape index (κ3) is 1.73. The van der Waals surface area contributed by atoms with Crippen molar-refractivity contribution in [2.24, 2.45) is 0 Å². The molecule has 0 aromatic carbocycles. The second-order valence-corrected chi connectivity index (χ2v) is 2.82. The maximum absolute atomic E-state index is 11.2. The predicted octanol–water partition coefficient (Wildman–Crippen LogP) is -0.691. The molecular weight excluding hydrogens is 160 g/mol. The molecule has 68 valence electrons. The Morgan fingerprint density at radius 2 is 2.33 bits per heavy atom. The van der Waals surface area contributed by atoms with Crippen molar-refractivity contribution in [3.05, 3.63) is 0 Å².